The average Bonchev–Trinajstić information content (AvgIpc) is 4.16. The van der Waals surface area contributed by atoms with Crippen LogP contribution in [0.25, 0.3) is 33.6 Å². The van der Waals surface area contributed by atoms with E-state index in [1.54, 1.807) is 40.9 Å². The Labute approximate surface area is 391 Å². The predicted molar refractivity (Wildman–Crippen MR) is 249 cm³/mol. The second kappa shape index (κ2) is 18.1. The van der Waals surface area contributed by atoms with Crippen molar-refractivity contribution in [3.05, 3.63) is 65.7 Å². The molecule has 11 rings (SSSR count). The Morgan fingerprint density at radius 1 is 0.926 bits per heavy atom. The Kier molecular flexibility index (Phi) is 11.8. The molecule has 0 spiro atoms. The van der Waals surface area contributed by atoms with Gasteiger partial charge in [-0.2, -0.15) is 14.8 Å². The molecule has 2 aliphatic carbocycles. The molecule has 3 N–H and O–H groups in total. The van der Waals surface area contributed by atoms with Crippen LogP contribution in [-0.4, -0.2) is 134 Å². The number of hydrogen-bond donors (Lipinski definition) is 3. The number of aryl methyl sites for hydroxylation is 1. The van der Waals surface area contributed by atoms with Gasteiger partial charge in [0.05, 0.1) is 70.5 Å². The maximum atomic E-state index is 16.0. The molecule has 5 aromatic heterocycles. The van der Waals surface area contributed by atoms with E-state index >= 15 is 8.78 Å². The van der Waals surface area contributed by atoms with Crippen LogP contribution in [0, 0.1) is 11.8 Å². The largest absolute Gasteiger partial charge is 0.391 e. The monoisotopic (exact) mass is 935 g/mol. The number of anilines is 2. The topological polar surface area (TPSA) is 194 Å². The van der Waals surface area contributed by atoms with Crippen molar-refractivity contribution in [2.45, 2.75) is 114 Å². The van der Waals surface area contributed by atoms with Crippen LogP contribution in [0.15, 0.2) is 60.0 Å². The number of carbonyl (C=O) groups excluding carboxylic acids is 2. The molecule has 5 aliphatic rings. The van der Waals surface area contributed by atoms with Gasteiger partial charge >= 0.3 is 5.69 Å². The molecule has 68 heavy (non-hydrogen) atoms. The third-order valence-electron chi connectivity index (χ3n) is 15.7. The summed E-state index contributed by atoms with van der Waals surface area (Å²) in [5.41, 5.74) is 2.89. The molecule has 3 saturated heterocycles. The molecule has 3 aliphatic heterocycles. The van der Waals surface area contributed by atoms with E-state index in [4.69, 9.17) is 15.2 Å². The van der Waals surface area contributed by atoms with Gasteiger partial charge in [-0.05, 0) is 69.2 Å². The molecule has 5 fully saturated rings. The molecule has 2 saturated carbocycles. The molecule has 0 bridgehead atoms. The molecule has 2 amide bonds. The highest BCUT2D eigenvalue weighted by Crippen LogP contribution is 2.50. The van der Waals surface area contributed by atoms with E-state index in [9.17, 15) is 19.5 Å². The number of fused-ring (bicyclic) bond motifs is 2. The van der Waals surface area contributed by atoms with Crippen molar-refractivity contribution in [1.29, 1.82) is 0 Å². The lowest BCUT2D eigenvalue weighted by Crippen LogP contribution is -2.70. The highest BCUT2D eigenvalue weighted by atomic mass is 19.3. The van der Waals surface area contributed by atoms with Gasteiger partial charge < -0.3 is 20.6 Å². The maximum absolute atomic E-state index is 16.0. The molecule has 1 aromatic carbocycles. The first kappa shape index (κ1) is 44.4. The van der Waals surface area contributed by atoms with Gasteiger partial charge in [-0.1, -0.05) is 43.4 Å². The summed E-state index contributed by atoms with van der Waals surface area (Å²) in [6.45, 7) is 2.70. The van der Waals surface area contributed by atoms with Crippen LogP contribution in [0.5, 0.6) is 0 Å². The number of imide groups is 1. The van der Waals surface area contributed by atoms with Gasteiger partial charge in [-0.3, -0.25) is 23.7 Å². The van der Waals surface area contributed by atoms with E-state index < -0.39 is 47.5 Å². The normalized spacial score (nSPS) is 25.3. The third-order valence-corrected chi connectivity index (χ3v) is 15.7. The fraction of sp³-hybridized carbons (Fsp3) is 0.574. The molecular formula is C47H59F2N15O4. The van der Waals surface area contributed by atoms with Crippen LogP contribution in [-0.2, 0) is 16.6 Å². The fourth-order valence-corrected chi connectivity index (χ4v) is 12.5. The number of aromatic nitrogens is 10. The maximum Gasteiger partial charge on any atom is 0.348 e. The van der Waals surface area contributed by atoms with Crippen LogP contribution < -0.4 is 26.2 Å². The molecular weight excluding hydrogens is 877 g/mol. The highest BCUT2D eigenvalue weighted by molar-refractivity contribution is 6.11. The number of nitrogens with one attached hydrogen (secondary N) is 2. The lowest BCUT2D eigenvalue weighted by atomic mass is 9.65. The van der Waals surface area contributed by atoms with E-state index in [1.165, 1.54) is 9.24 Å². The van der Waals surface area contributed by atoms with Crippen LogP contribution >= 0.6 is 0 Å². The number of para-hydroxylation sites is 1. The molecule has 0 radical (unpaired) electrons. The second-order valence-corrected chi connectivity index (χ2v) is 19.4. The van der Waals surface area contributed by atoms with E-state index in [0.717, 1.165) is 62.1 Å². The number of amides is 2. The standard InChI is InChI=1S/C47H59F2N15O4/c1-57-41-34(13-7-14-35(41)63(46(57)68)64-38(66)16-8-17-39(64)67)58-22-24-59(25-23-58)47(18-20-50-27-32(47)43(48)49)42(30-10-3-2-4-11-30)61-29-31(26-53-61)62-36(28-52-56-62)40-44(54-33-12-5-6-15-37(33)65)55-60-21-9-19-51-45(40)60/h7,9,13-14,19,21,26,28-30,32-33,37,42-43,50,65H,2-6,8,10-12,15-18,20,22-25,27H2,1H3,(H,54,55)/t32?,33-,37+,42-,47+/m0/s1. The molecule has 6 aromatic rings. The summed E-state index contributed by atoms with van der Waals surface area (Å²) in [5.74, 6) is -1.18. The Morgan fingerprint density at radius 3 is 2.49 bits per heavy atom. The number of nitrogens with zero attached hydrogens (tertiary/aromatic N) is 13. The minimum absolute atomic E-state index is 0.0777. The average molecular weight is 936 g/mol. The van der Waals surface area contributed by atoms with Crippen molar-refractivity contribution in [2.75, 3.05) is 54.5 Å². The number of aliphatic hydroxyl groups is 1. The SMILES string of the molecule is Cn1c(=O)n(N2C(=O)CCCC2=O)c2cccc(N3CCN([C@]4([C@H](C5CCCCC5)n5cc(-n6nncc6-c6c(N[C@H]7CCCC[C@H]7O)nn7cccnc67)cn5)CCNCC4C(F)F)CC3)c21. The number of carbonyl (C=O) groups is 2. The van der Waals surface area contributed by atoms with Crippen LogP contribution in [0.2, 0.25) is 0 Å². The smallest absolute Gasteiger partial charge is 0.348 e. The molecule has 5 atom stereocenters. The van der Waals surface area contributed by atoms with Crippen molar-refractivity contribution in [1.82, 2.24) is 58.8 Å². The van der Waals surface area contributed by atoms with Gasteiger partial charge in [-0.15, -0.1) is 10.2 Å². The first-order valence-electron chi connectivity index (χ1n) is 24.4. The summed E-state index contributed by atoms with van der Waals surface area (Å²) in [7, 11) is 1.65. The van der Waals surface area contributed by atoms with Crippen molar-refractivity contribution in [3.8, 4) is 16.9 Å². The second-order valence-electron chi connectivity index (χ2n) is 19.4. The van der Waals surface area contributed by atoms with E-state index in [2.05, 4.69) is 30.7 Å². The predicted octanol–water partition coefficient (Wildman–Crippen LogP) is 4.27. The van der Waals surface area contributed by atoms with E-state index in [0.29, 0.717) is 91.4 Å². The van der Waals surface area contributed by atoms with Crippen molar-refractivity contribution < 1.29 is 23.5 Å². The highest BCUT2D eigenvalue weighted by Gasteiger charge is 2.57. The summed E-state index contributed by atoms with van der Waals surface area (Å²) in [4.78, 5) is 49.1. The number of aliphatic hydroxyl groups excluding tert-OH is 1. The van der Waals surface area contributed by atoms with Gasteiger partial charge in [0, 0.05) is 65.0 Å². The molecule has 19 nitrogen and oxygen atoms in total. The van der Waals surface area contributed by atoms with Gasteiger partial charge in [0.25, 0.3) is 0 Å². The van der Waals surface area contributed by atoms with E-state index in [1.807, 2.05) is 35.3 Å². The van der Waals surface area contributed by atoms with Crippen LogP contribution in [0.4, 0.5) is 20.3 Å². The van der Waals surface area contributed by atoms with Crippen LogP contribution in [0.3, 0.4) is 0 Å². The van der Waals surface area contributed by atoms with Gasteiger partial charge in [-0.25, -0.2) is 27.8 Å². The quantitative estimate of drug-likeness (QED) is 0.156. The zero-order valence-electron chi connectivity index (χ0n) is 38.3. The third kappa shape index (κ3) is 7.47. The lowest BCUT2D eigenvalue weighted by Gasteiger charge is -2.58. The van der Waals surface area contributed by atoms with Crippen molar-refractivity contribution in [3.63, 3.8) is 0 Å². The number of piperidine rings is 2. The summed E-state index contributed by atoms with van der Waals surface area (Å²) in [6, 6.07) is 6.75. The summed E-state index contributed by atoms with van der Waals surface area (Å²) in [5, 5.41) is 37.7. The Morgan fingerprint density at radius 2 is 1.71 bits per heavy atom. The lowest BCUT2D eigenvalue weighted by molar-refractivity contribution is -0.131. The van der Waals surface area contributed by atoms with Gasteiger partial charge in [0.15, 0.2) is 11.5 Å². The Bertz CT molecular complexity index is 2860. The first-order valence-corrected chi connectivity index (χ1v) is 24.4. The number of halogens is 2. The van der Waals surface area contributed by atoms with Crippen LogP contribution in [0.1, 0.15) is 89.5 Å². The van der Waals surface area contributed by atoms with E-state index in [-0.39, 0.29) is 31.3 Å². The zero-order chi connectivity index (χ0) is 46.7. The number of benzene rings is 1. The Balaban J connectivity index is 0.953. The minimum Gasteiger partial charge on any atom is -0.391 e. The number of hydrogen-bond acceptors (Lipinski definition) is 13. The molecule has 8 heterocycles. The van der Waals surface area contributed by atoms with Gasteiger partial charge in [0.2, 0.25) is 18.2 Å². The number of imidazole rings is 1. The molecule has 21 heteroatoms. The van der Waals surface area contributed by atoms with Crippen molar-refractivity contribution in [2.24, 2.45) is 18.9 Å². The number of rotatable bonds is 11. The first-order chi connectivity index (χ1) is 33.1. The summed E-state index contributed by atoms with van der Waals surface area (Å²) >= 11 is 0. The van der Waals surface area contributed by atoms with Crippen molar-refractivity contribution >= 4 is 40.0 Å². The molecule has 360 valence electrons. The Hall–Kier alpha value is -6.06. The fourth-order valence-electron chi connectivity index (χ4n) is 12.5. The van der Waals surface area contributed by atoms with Gasteiger partial charge in [0.1, 0.15) is 11.4 Å². The summed E-state index contributed by atoms with van der Waals surface area (Å²) < 4.78 is 40.0. The zero-order valence-corrected chi connectivity index (χ0v) is 38.3. The minimum atomic E-state index is -2.61. The number of alkyl halides is 2. The number of piperazine rings is 1. The molecule has 1 unspecified atom stereocenters. The summed E-state index contributed by atoms with van der Waals surface area (Å²) in [6.07, 6.45) is 15.5.